The minimum Gasteiger partial charge on any atom is -0.497 e. The highest BCUT2D eigenvalue weighted by Crippen LogP contribution is 2.39. The average Bonchev–Trinajstić information content (AvgIpc) is 2.54. The Morgan fingerprint density at radius 1 is 1.19 bits per heavy atom. The maximum Gasteiger partial charge on any atom is 0.121 e. The number of anilines is 2. The number of ether oxygens (including phenoxy) is 1. The van der Waals surface area contributed by atoms with E-state index in [1.54, 1.807) is 7.11 Å². The van der Waals surface area contributed by atoms with Crippen molar-refractivity contribution in [2.24, 2.45) is 0 Å². The molecule has 0 radical (unpaired) electrons. The number of methoxy groups -OCH3 is 1. The summed E-state index contributed by atoms with van der Waals surface area (Å²) in [6.07, 6.45) is 2.17. The summed E-state index contributed by atoms with van der Waals surface area (Å²) in [6, 6.07) is 16.7. The van der Waals surface area contributed by atoms with Crippen LogP contribution in [0.4, 0.5) is 11.4 Å². The standard InChI is InChI=1S/C18H18N2O/c1-13-7-8-14-5-3-4-6-17(14)20(13)18-11-16(21-2)10-9-15(18)12-19/h3-6,9-11,13H,7-8H2,1-2H3. The molecule has 0 fully saturated rings. The number of hydrogen-bond acceptors (Lipinski definition) is 3. The zero-order valence-electron chi connectivity index (χ0n) is 12.3. The van der Waals surface area contributed by atoms with Crippen molar-refractivity contribution in [3.05, 3.63) is 53.6 Å². The number of hydrogen-bond donors (Lipinski definition) is 0. The molecule has 0 spiro atoms. The van der Waals surface area contributed by atoms with E-state index in [0.717, 1.165) is 24.3 Å². The summed E-state index contributed by atoms with van der Waals surface area (Å²) in [4.78, 5) is 2.26. The highest BCUT2D eigenvalue weighted by Gasteiger charge is 2.26. The van der Waals surface area contributed by atoms with Crippen LogP contribution >= 0.6 is 0 Å². The van der Waals surface area contributed by atoms with Gasteiger partial charge in [-0.25, -0.2) is 0 Å². The molecule has 3 heteroatoms. The summed E-state index contributed by atoms with van der Waals surface area (Å²) in [6.45, 7) is 2.20. The quantitative estimate of drug-likeness (QED) is 0.831. The molecule has 3 rings (SSSR count). The maximum absolute atomic E-state index is 9.43. The van der Waals surface area contributed by atoms with Crippen molar-refractivity contribution in [2.75, 3.05) is 12.0 Å². The lowest BCUT2D eigenvalue weighted by atomic mass is 9.95. The SMILES string of the molecule is COc1ccc(C#N)c(N2c3ccccc3CCC2C)c1. The van der Waals surface area contributed by atoms with Crippen molar-refractivity contribution in [3.8, 4) is 11.8 Å². The molecule has 1 heterocycles. The predicted octanol–water partition coefficient (Wildman–Crippen LogP) is 4.04. The van der Waals surface area contributed by atoms with Crippen molar-refractivity contribution in [1.29, 1.82) is 5.26 Å². The van der Waals surface area contributed by atoms with Crippen molar-refractivity contribution in [1.82, 2.24) is 0 Å². The first-order chi connectivity index (χ1) is 10.2. The van der Waals surface area contributed by atoms with Crippen LogP contribution in [-0.4, -0.2) is 13.2 Å². The molecule has 1 aliphatic heterocycles. The Balaban J connectivity index is 2.18. The number of benzene rings is 2. The summed E-state index contributed by atoms with van der Waals surface area (Å²) in [5, 5.41) is 9.43. The minimum absolute atomic E-state index is 0.360. The first-order valence-electron chi connectivity index (χ1n) is 7.20. The van der Waals surface area contributed by atoms with E-state index in [0.29, 0.717) is 11.6 Å². The van der Waals surface area contributed by atoms with Crippen LogP contribution in [0.15, 0.2) is 42.5 Å². The number of fused-ring (bicyclic) bond motifs is 1. The monoisotopic (exact) mass is 278 g/mol. The van der Waals surface area contributed by atoms with Gasteiger partial charge in [0.2, 0.25) is 0 Å². The molecule has 1 atom stereocenters. The number of nitrogens with zero attached hydrogens (tertiary/aromatic N) is 2. The van der Waals surface area contributed by atoms with Gasteiger partial charge in [0, 0.05) is 17.8 Å². The normalized spacial score (nSPS) is 17.0. The zero-order valence-corrected chi connectivity index (χ0v) is 12.3. The van der Waals surface area contributed by atoms with Gasteiger partial charge < -0.3 is 9.64 Å². The largest absolute Gasteiger partial charge is 0.497 e. The zero-order chi connectivity index (χ0) is 14.8. The lowest BCUT2D eigenvalue weighted by Gasteiger charge is -2.37. The molecular weight excluding hydrogens is 260 g/mol. The first kappa shape index (κ1) is 13.5. The van der Waals surface area contributed by atoms with Gasteiger partial charge in [0.05, 0.1) is 18.4 Å². The Kier molecular flexibility index (Phi) is 3.53. The molecule has 1 unspecified atom stereocenters. The van der Waals surface area contributed by atoms with E-state index in [4.69, 9.17) is 4.74 Å². The van der Waals surface area contributed by atoms with E-state index >= 15 is 0 Å². The van der Waals surface area contributed by atoms with E-state index in [2.05, 4.69) is 42.2 Å². The first-order valence-corrected chi connectivity index (χ1v) is 7.20. The fourth-order valence-corrected chi connectivity index (χ4v) is 2.99. The van der Waals surface area contributed by atoms with E-state index < -0.39 is 0 Å². The molecule has 0 saturated carbocycles. The topological polar surface area (TPSA) is 36.3 Å². The van der Waals surface area contributed by atoms with Crippen molar-refractivity contribution in [3.63, 3.8) is 0 Å². The number of rotatable bonds is 2. The minimum atomic E-state index is 0.360. The molecule has 0 bridgehead atoms. The van der Waals surface area contributed by atoms with E-state index in [1.165, 1.54) is 11.3 Å². The summed E-state index contributed by atoms with van der Waals surface area (Å²) >= 11 is 0. The molecule has 3 nitrogen and oxygen atoms in total. The van der Waals surface area contributed by atoms with Crippen LogP contribution in [0, 0.1) is 11.3 Å². The van der Waals surface area contributed by atoms with Crippen LogP contribution in [0.2, 0.25) is 0 Å². The second kappa shape index (κ2) is 5.49. The molecule has 106 valence electrons. The van der Waals surface area contributed by atoms with Crippen molar-refractivity contribution in [2.45, 2.75) is 25.8 Å². The smallest absolute Gasteiger partial charge is 0.121 e. The van der Waals surface area contributed by atoms with Crippen LogP contribution in [-0.2, 0) is 6.42 Å². The summed E-state index contributed by atoms with van der Waals surface area (Å²) < 4.78 is 5.33. The van der Waals surface area contributed by atoms with Crippen LogP contribution in [0.3, 0.4) is 0 Å². The van der Waals surface area contributed by atoms with E-state index in [9.17, 15) is 5.26 Å². The van der Waals surface area contributed by atoms with Gasteiger partial charge in [-0.3, -0.25) is 0 Å². The molecule has 0 N–H and O–H groups in total. The third kappa shape index (κ3) is 2.34. The average molecular weight is 278 g/mol. The van der Waals surface area contributed by atoms with Crippen molar-refractivity contribution < 1.29 is 4.74 Å². The number of aryl methyl sites for hydroxylation is 1. The number of nitriles is 1. The maximum atomic E-state index is 9.43. The molecule has 0 saturated heterocycles. The third-order valence-corrected chi connectivity index (χ3v) is 4.11. The van der Waals surface area contributed by atoms with Crippen LogP contribution < -0.4 is 9.64 Å². The second-order valence-corrected chi connectivity index (χ2v) is 5.38. The summed E-state index contributed by atoms with van der Waals surface area (Å²) in [5.74, 6) is 0.777. The predicted molar refractivity (Wildman–Crippen MR) is 84.1 cm³/mol. The molecule has 0 aliphatic carbocycles. The number of para-hydroxylation sites is 1. The highest BCUT2D eigenvalue weighted by molar-refractivity contribution is 5.74. The van der Waals surface area contributed by atoms with Crippen LogP contribution in [0.25, 0.3) is 0 Å². The Morgan fingerprint density at radius 2 is 2.00 bits per heavy atom. The van der Waals surface area contributed by atoms with Gasteiger partial charge in [-0.15, -0.1) is 0 Å². The van der Waals surface area contributed by atoms with Gasteiger partial charge in [0.1, 0.15) is 11.8 Å². The Morgan fingerprint density at radius 3 is 2.76 bits per heavy atom. The lowest BCUT2D eigenvalue weighted by molar-refractivity contribution is 0.414. The molecule has 2 aromatic rings. The highest BCUT2D eigenvalue weighted by atomic mass is 16.5. The van der Waals surface area contributed by atoms with Gasteiger partial charge >= 0.3 is 0 Å². The Hall–Kier alpha value is -2.47. The Bertz CT molecular complexity index is 703. The Labute approximate surface area is 125 Å². The third-order valence-electron chi connectivity index (χ3n) is 4.11. The second-order valence-electron chi connectivity index (χ2n) is 5.38. The van der Waals surface area contributed by atoms with Crippen LogP contribution in [0.1, 0.15) is 24.5 Å². The molecule has 1 aliphatic rings. The molecular formula is C18H18N2O. The fourth-order valence-electron chi connectivity index (χ4n) is 2.99. The van der Waals surface area contributed by atoms with Gasteiger partial charge in [-0.05, 0) is 43.5 Å². The molecule has 0 aromatic heterocycles. The summed E-state index contributed by atoms with van der Waals surface area (Å²) in [5.41, 5.74) is 4.14. The molecule has 21 heavy (non-hydrogen) atoms. The molecule has 2 aromatic carbocycles. The van der Waals surface area contributed by atoms with Crippen molar-refractivity contribution >= 4 is 11.4 Å². The summed E-state index contributed by atoms with van der Waals surface area (Å²) in [7, 11) is 1.65. The molecule has 0 amide bonds. The van der Waals surface area contributed by atoms with Crippen LogP contribution in [0.5, 0.6) is 5.75 Å². The van der Waals surface area contributed by atoms with E-state index in [-0.39, 0.29) is 0 Å². The van der Waals surface area contributed by atoms with E-state index in [1.807, 2.05) is 18.2 Å². The van der Waals surface area contributed by atoms with Gasteiger partial charge in [-0.2, -0.15) is 5.26 Å². The van der Waals surface area contributed by atoms with Gasteiger partial charge in [0.25, 0.3) is 0 Å². The van der Waals surface area contributed by atoms with Gasteiger partial charge in [0.15, 0.2) is 0 Å². The van der Waals surface area contributed by atoms with Gasteiger partial charge in [-0.1, -0.05) is 18.2 Å². The lowest BCUT2D eigenvalue weighted by Crippen LogP contribution is -2.33. The fraction of sp³-hybridized carbons (Fsp3) is 0.278.